The fourth-order valence-electron chi connectivity index (χ4n) is 1.69. The number of benzene rings is 1. The highest BCUT2D eigenvalue weighted by Crippen LogP contribution is 2.24. The second-order valence-electron chi connectivity index (χ2n) is 3.70. The van der Waals surface area contributed by atoms with Gasteiger partial charge in [0.05, 0.1) is 17.6 Å². The van der Waals surface area contributed by atoms with Crippen LogP contribution >= 0.6 is 0 Å². The topological polar surface area (TPSA) is 51.8 Å². The van der Waals surface area contributed by atoms with Crippen molar-refractivity contribution < 1.29 is 0 Å². The monoisotopic (exact) mass is 199 g/mol. The Hall–Kier alpha value is -1.90. The van der Waals surface area contributed by atoms with Crippen LogP contribution in [0.3, 0.4) is 0 Å². The van der Waals surface area contributed by atoms with Crippen LogP contribution in [0.5, 0.6) is 0 Å². The summed E-state index contributed by atoms with van der Waals surface area (Å²) in [6, 6.07) is 6.28. The number of rotatable bonds is 1. The fraction of sp³-hybridized carbons (Fsp3) is 0.167. The summed E-state index contributed by atoms with van der Waals surface area (Å²) < 4.78 is 0. The van der Waals surface area contributed by atoms with Crippen molar-refractivity contribution in [3.05, 3.63) is 41.9 Å². The van der Waals surface area contributed by atoms with E-state index in [0.29, 0.717) is 5.69 Å². The number of nitrogens with two attached hydrogens (primary N) is 1. The summed E-state index contributed by atoms with van der Waals surface area (Å²) in [5, 5.41) is 0. The van der Waals surface area contributed by atoms with Crippen LogP contribution in [0.2, 0.25) is 0 Å². The lowest BCUT2D eigenvalue weighted by Gasteiger charge is -2.06. The van der Waals surface area contributed by atoms with E-state index < -0.39 is 0 Å². The molecule has 0 fully saturated rings. The summed E-state index contributed by atoms with van der Waals surface area (Å²) in [5.41, 5.74) is 10.7. The Bertz CT molecular complexity index is 472. The zero-order valence-electron chi connectivity index (χ0n) is 8.86. The van der Waals surface area contributed by atoms with Gasteiger partial charge in [0, 0.05) is 5.56 Å². The number of anilines is 1. The van der Waals surface area contributed by atoms with Gasteiger partial charge in [0.2, 0.25) is 0 Å². The lowest BCUT2D eigenvalue weighted by Crippen LogP contribution is -1.95. The first kappa shape index (κ1) is 9.65. The zero-order chi connectivity index (χ0) is 10.8. The number of nitrogen functional groups attached to an aromatic ring is 1. The van der Waals surface area contributed by atoms with Crippen molar-refractivity contribution in [1.82, 2.24) is 9.97 Å². The molecule has 0 amide bonds. The molecule has 1 aromatic carbocycles. The van der Waals surface area contributed by atoms with E-state index in [9.17, 15) is 0 Å². The summed E-state index contributed by atoms with van der Waals surface area (Å²) >= 11 is 0. The van der Waals surface area contributed by atoms with E-state index in [0.717, 1.165) is 11.3 Å². The van der Waals surface area contributed by atoms with E-state index in [1.54, 1.807) is 6.20 Å². The molecule has 0 atom stereocenters. The van der Waals surface area contributed by atoms with Gasteiger partial charge < -0.3 is 5.73 Å². The van der Waals surface area contributed by atoms with Crippen molar-refractivity contribution in [3.8, 4) is 11.3 Å². The highest BCUT2D eigenvalue weighted by atomic mass is 14.9. The molecule has 0 aliphatic rings. The van der Waals surface area contributed by atoms with Gasteiger partial charge in [0.1, 0.15) is 6.33 Å². The van der Waals surface area contributed by atoms with Gasteiger partial charge in [-0.3, -0.25) is 0 Å². The summed E-state index contributed by atoms with van der Waals surface area (Å²) in [4.78, 5) is 8.07. The molecule has 0 aliphatic carbocycles. The van der Waals surface area contributed by atoms with E-state index >= 15 is 0 Å². The molecule has 3 nitrogen and oxygen atoms in total. The number of hydrogen-bond acceptors (Lipinski definition) is 3. The minimum Gasteiger partial charge on any atom is -0.396 e. The average Bonchev–Trinajstić information content (AvgIpc) is 2.16. The number of nitrogens with zero attached hydrogens (tertiary/aromatic N) is 2. The maximum atomic E-state index is 5.83. The summed E-state index contributed by atoms with van der Waals surface area (Å²) in [5.74, 6) is 0. The van der Waals surface area contributed by atoms with Gasteiger partial charge >= 0.3 is 0 Å². The molecule has 2 aromatic rings. The molecular formula is C12H13N3. The summed E-state index contributed by atoms with van der Waals surface area (Å²) in [6.07, 6.45) is 3.14. The Balaban J connectivity index is 2.59. The predicted octanol–water partition coefficient (Wildman–Crippen LogP) is 2.34. The highest BCUT2D eigenvalue weighted by Gasteiger charge is 2.04. The Morgan fingerprint density at radius 3 is 2.33 bits per heavy atom. The molecule has 2 N–H and O–H groups in total. The number of hydrogen-bond donors (Lipinski definition) is 1. The van der Waals surface area contributed by atoms with E-state index in [2.05, 4.69) is 42.0 Å². The highest BCUT2D eigenvalue weighted by molar-refractivity contribution is 5.72. The van der Waals surface area contributed by atoms with Crippen molar-refractivity contribution in [2.75, 3.05) is 5.73 Å². The molecule has 0 radical (unpaired) electrons. The Morgan fingerprint density at radius 2 is 1.73 bits per heavy atom. The third-order valence-electron chi connectivity index (χ3n) is 2.24. The second kappa shape index (κ2) is 3.69. The quantitative estimate of drug-likeness (QED) is 0.767. The van der Waals surface area contributed by atoms with Crippen molar-refractivity contribution in [1.29, 1.82) is 0 Å². The SMILES string of the molecule is Cc1cc(C)cc(-c2ncncc2N)c1. The van der Waals surface area contributed by atoms with Crippen LogP contribution < -0.4 is 5.73 Å². The lowest BCUT2D eigenvalue weighted by atomic mass is 10.0. The second-order valence-corrected chi connectivity index (χ2v) is 3.70. The predicted molar refractivity (Wildman–Crippen MR) is 61.4 cm³/mol. The third-order valence-corrected chi connectivity index (χ3v) is 2.24. The Kier molecular flexibility index (Phi) is 2.37. The molecule has 2 rings (SSSR count). The van der Waals surface area contributed by atoms with Gasteiger partial charge in [-0.1, -0.05) is 17.2 Å². The maximum Gasteiger partial charge on any atom is 0.116 e. The molecule has 0 bridgehead atoms. The minimum absolute atomic E-state index is 0.613. The van der Waals surface area contributed by atoms with Crippen LogP contribution in [0.4, 0.5) is 5.69 Å². The van der Waals surface area contributed by atoms with Gasteiger partial charge in [0.15, 0.2) is 0 Å². The fourth-order valence-corrected chi connectivity index (χ4v) is 1.69. The molecule has 0 aliphatic heterocycles. The lowest BCUT2D eigenvalue weighted by molar-refractivity contribution is 1.17. The van der Waals surface area contributed by atoms with Gasteiger partial charge in [-0.25, -0.2) is 9.97 Å². The molecule has 0 saturated heterocycles. The zero-order valence-corrected chi connectivity index (χ0v) is 8.86. The molecule has 15 heavy (non-hydrogen) atoms. The van der Waals surface area contributed by atoms with E-state index in [-0.39, 0.29) is 0 Å². The molecule has 3 heteroatoms. The van der Waals surface area contributed by atoms with Crippen molar-refractivity contribution in [2.45, 2.75) is 13.8 Å². The molecule has 0 saturated carbocycles. The summed E-state index contributed by atoms with van der Waals surface area (Å²) in [6.45, 7) is 4.13. The van der Waals surface area contributed by atoms with Crippen molar-refractivity contribution in [3.63, 3.8) is 0 Å². The van der Waals surface area contributed by atoms with Crippen molar-refractivity contribution >= 4 is 5.69 Å². The first-order chi connectivity index (χ1) is 7.16. The van der Waals surface area contributed by atoms with Crippen molar-refractivity contribution in [2.24, 2.45) is 0 Å². The molecule has 1 heterocycles. The first-order valence-electron chi connectivity index (χ1n) is 4.81. The van der Waals surface area contributed by atoms with Crippen LogP contribution in [0.25, 0.3) is 11.3 Å². The van der Waals surface area contributed by atoms with Gasteiger partial charge in [0.25, 0.3) is 0 Å². The molecule has 1 aromatic heterocycles. The van der Waals surface area contributed by atoms with Crippen LogP contribution in [0.15, 0.2) is 30.7 Å². The first-order valence-corrected chi connectivity index (χ1v) is 4.81. The van der Waals surface area contributed by atoms with Gasteiger partial charge in [-0.2, -0.15) is 0 Å². The van der Waals surface area contributed by atoms with Crippen LogP contribution in [-0.2, 0) is 0 Å². The number of aromatic nitrogens is 2. The van der Waals surface area contributed by atoms with Crippen LogP contribution in [0, 0.1) is 13.8 Å². The van der Waals surface area contributed by atoms with Crippen LogP contribution in [-0.4, -0.2) is 9.97 Å². The minimum atomic E-state index is 0.613. The number of aryl methyl sites for hydroxylation is 2. The van der Waals surface area contributed by atoms with E-state index in [4.69, 9.17) is 5.73 Å². The van der Waals surface area contributed by atoms with Crippen LogP contribution in [0.1, 0.15) is 11.1 Å². The van der Waals surface area contributed by atoms with Gasteiger partial charge in [-0.15, -0.1) is 0 Å². The van der Waals surface area contributed by atoms with E-state index in [1.807, 2.05) is 0 Å². The maximum absolute atomic E-state index is 5.83. The third kappa shape index (κ3) is 1.96. The summed E-state index contributed by atoms with van der Waals surface area (Å²) in [7, 11) is 0. The molecule has 76 valence electrons. The van der Waals surface area contributed by atoms with E-state index in [1.165, 1.54) is 17.5 Å². The Labute approximate surface area is 89.0 Å². The molecular weight excluding hydrogens is 186 g/mol. The smallest absolute Gasteiger partial charge is 0.116 e. The molecule has 0 spiro atoms. The standard InChI is InChI=1S/C12H13N3/c1-8-3-9(2)5-10(4-8)12-11(13)6-14-7-15-12/h3-7H,13H2,1-2H3. The Morgan fingerprint density at radius 1 is 1.07 bits per heavy atom. The normalized spacial score (nSPS) is 10.3. The largest absolute Gasteiger partial charge is 0.396 e. The average molecular weight is 199 g/mol. The van der Waals surface area contributed by atoms with Gasteiger partial charge in [-0.05, 0) is 26.0 Å². The molecule has 0 unspecified atom stereocenters.